The summed E-state index contributed by atoms with van der Waals surface area (Å²) in [6.45, 7) is 6.82. The van der Waals surface area contributed by atoms with Crippen LogP contribution in [0.1, 0.15) is 63.8 Å². The van der Waals surface area contributed by atoms with E-state index in [1.807, 2.05) is 11.3 Å². The lowest BCUT2D eigenvalue weighted by molar-refractivity contribution is 0.441. The zero-order chi connectivity index (χ0) is 11.8. The van der Waals surface area contributed by atoms with Crippen molar-refractivity contribution in [2.75, 3.05) is 0 Å². The SMILES string of the molecule is CCCCCCC(C)N[C@H](C)c1cccs1. The van der Waals surface area contributed by atoms with Crippen molar-refractivity contribution in [3.05, 3.63) is 22.4 Å². The van der Waals surface area contributed by atoms with Gasteiger partial charge in [0, 0.05) is 17.0 Å². The van der Waals surface area contributed by atoms with Gasteiger partial charge in [-0.1, -0.05) is 38.7 Å². The van der Waals surface area contributed by atoms with Crippen LogP contribution in [0.2, 0.25) is 0 Å². The first-order valence-corrected chi connectivity index (χ1v) is 7.41. The summed E-state index contributed by atoms with van der Waals surface area (Å²) in [5, 5.41) is 5.82. The molecule has 1 unspecified atom stereocenters. The van der Waals surface area contributed by atoms with E-state index in [9.17, 15) is 0 Å². The molecule has 0 fully saturated rings. The highest BCUT2D eigenvalue weighted by Gasteiger charge is 2.09. The maximum Gasteiger partial charge on any atom is 0.0388 e. The third-order valence-electron chi connectivity index (χ3n) is 3.00. The van der Waals surface area contributed by atoms with Gasteiger partial charge in [-0.25, -0.2) is 0 Å². The van der Waals surface area contributed by atoms with E-state index in [4.69, 9.17) is 0 Å². The van der Waals surface area contributed by atoms with Crippen molar-refractivity contribution in [2.45, 2.75) is 65.0 Å². The van der Waals surface area contributed by atoms with E-state index < -0.39 is 0 Å². The van der Waals surface area contributed by atoms with Crippen molar-refractivity contribution in [3.63, 3.8) is 0 Å². The lowest BCUT2D eigenvalue weighted by Gasteiger charge is -2.19. The fourth-order valence-corrected chi connectivity index (χ4v) is 2.75. The number of hydrogen-bond acceptors (Lipinski definition) is 2. The van der Waals surface area contributed by atoms with Crippen molar-refractivity contribution in [1.29, 1.82) is 0 Å². The van der Waals surface area contributed by atoms with Crippen molar-refractivity contribution < 1.29 is 0 Å². The van der Waals surface area contributed by atoms with Crippen LogP contribution < -0.4 is 5.32 Å². The second-order valence-corrected chi connectivity index (χ2v) is 5.63. The Kier molecular flexibility index (Phi) is 6.74. The van der Waals surface area contributed by atoms with Crippen molar-refractivity contribution in [2.24, 2.45) is 0 Å². The van der Waals surface area contributed by atoms with E-state index in [1.54, 1.807) is 0 Å². The molecule has 2 atom stereocenters. The Morgan fingerprint density at radius 1 is 1.25 bits per heavy atom. The molecule has 0 aliphatic heterocycles. The number of rotatable bonds is 8. The zero-order valence-electron chi connectivity index (χ0n) is 10.8. The first-order chi connectivity index (χ1) is 7.74. The summed E-state index contributed by atoms with van der Waals surface area (Å²) in [6.07, 6.45) is 6.76. The van der Waals surface area contributed by atoms with Gasteiger partial charge >= 0.3 is 0 Å². The van der Waals surface area contributed by atoms with Gasteiger partial charge in [0.1, 0.15) is 0 Å². The number of hydrogen-bond donors (Lipinski definition) is 1. The van der Waals surface area contributed by atoms with Crippen LogP contribution in [0.3, 0.4) is 0 Å². The topological polar surface area (TPSA) is 12.0 Å². The van der Waals surface area contributed by atoms with Gasteiger partial charge in [0.25, 0.3) is 0 Å². The molecule has 1 heterocycles. The molecule has 1 rings (SSSR count). The van der Waals surface area contributed by atoms with Crippen LogP contribution in [-0.4, -0.2) is 6.04 Å². The summed E-state index contributed by atoms with van der Waals surface area (Å²) < 4.78 is 0. The van der Waals surface area contributed by atoms with E-state index in [0.29, 0.717) is 12.1 Å². The Bertz CT molecular complexity index is 256. The highest BCUT2D eigenvalue weighted by molar-refractivity contribution is 7.10. The van der Waals surface area contributed by atoms with Crippen molar-refractivity contribution in [1.82, 2.24) is 5.32 Å². The average Bonchev–Trinajstić information content (AvgIpc) is 2.77. The van der Waals surface area contributed by atoms with Gasteiger partial charge in [0.15, 0.2) is 0 Å². The van der Waals surface area contributed by atoms with Crippen molar-refractivity contribution >= 4 is 11.3 Å². The Morgan fingerprint density at radius 3 is 2.69 bits per heavy atom. The molecule has 16 heavy (non-hydrogen) atoms. The van der Waals surface area contributed by atoms with Crippen LogP contribution in [0.5, 0.6) is 0 Å². The Balaban J connectivity index is 2.16. The Hall–Kier alpha value is -0.340. The smallest absolute Gasteiger partial charge is 0.0388 e. The molecule has 0 amide bonds. The molecule has 0 saturated heterocycles. The minimum atomic E-state index is 0.501. The van der Waals surface area contributed by atoms with Gasteiger partial charge in [0.2, 0.25) is 0 Å². The monoisotopic (exact) mass is 239 g/mol. The number of nitrogens with one attached hydrogen (secondary N) is 1. The van der Waals surface area contributed by atoms with E-state index in [-0.39, 0.29) is 0 Å². The average molecular weight is 239 g/mol. The molecular weight excluding hydrogens is 214 g/mol. The standard InChI is InChI=1S/C14H25NS/c1-4-5-6-7-9-12(2)15-13(3)14-10-8-11-16-14/h8,10-13,15H,4-7,9H2,1-3H3/t12?,13-/m1/s1. The second-order valence-electron chi connectivity index (χ2n) is 4.65. The highest BCUT2D eigenvalue weighted by Crippen LogP contribution is 2.19. The third kappa shape index (κ3) is 5.13. The molecule has 2 heteroatoms. The summed E-state index contributed by atoms with van der Waals surface area (Å²) in [5.74, 6) is 0. The molecule has 0 spiro atoms. The molecule has 0 aromatic carbocycles. The summed E-state index contributed by atoms with van der Waals surface area (Å²) >= 11 is 1.84. The molecule has 0 aliphatic carbocycles. The summed E-state index contributed by atoms with van der Waals surface area (Å²) in [6, 6.07) is 5.48. The molecule has 1 nitrogen and oxygen atoms in total. The van der Waals surface area contributed by atoms with E-state index in [0.717, 1.165) is 0 Å². The van der Waals surface area contributed by atoms with Crippen LogP contribution >= 0.6 is 11.3 Å². The second kappa shape index (κ2) is 7.86. The van der Waals surface area contributed by atoms with E-state index >= 15 is 0 Å². The fourth-order valence-electron chi connectivity index (χ4n) is 2.01. The molecule has 1 N–H and O–H groups in total. The molecule has 0 radical (unpaired) electrons. The van der Waals surface area contributed by atoms with Gasteiger partial charge in [-0.3, -0.25) is 0 Å². The normalized spacial score (nSPS) is 14.9. The van der Waals surface area contributed by atoms with Crippen LogP contribution in [0.4, 0.5) is 0 Å². The zero-order valence-corrected chi connectivity index (χ0v) is 11.6. The van der Waals surface area contributed by atoms with Gasteiger partial charge in [-0.2, -0.15) is 0 Å². The van der Waals surface area contributed by atoms with Crippen LogP contribution in [-0.2, 0) is 0 Å². The Morgan fingerprint density at radius 2 is 2.06 bits per heavy atom. The molecule has 0 aliphatic rings. The Labute approximate surface area is 104 Å². The van der Waals surface area contributed by atoms with Gasteiger partial charge in [0.05, 0.1) is 0 Å². The lowest BCUT2D eigenvalue weighted by Crippen LogP contribution is -2.28. The van der Waals surface area contributed by atoms with Crippen molar-refractivity contribution in [3.8, 4) is 0 Å². The van der Waals surface area contributed by atoms with E-state index in [1.165, 1.54) is 37.0 Å². The molecule has 92 valence electrons. The van der Waals surface area contributed by atoms with Crippen LogP contribution in [0, 0.1) is 0 Å². The summed E-state index contributed by atoms with van der Waals surface area (Å²) in [5.41, 5.74) is 0. The highest BCUT2D eigenvalue weighted by atomic mass is 32.1. The largest absolute Gasteiger partial charge is 0.307 e. The first-order valence-electron chi connectivity index (χ1n) is 6.53. The molecule has 0 bridgehead atoms. The molecule has 0 saturated carbocycles. The van der Waals surface area contributed by atoms with Gasteiger partial charge in [-0.05, 0) is 31.7 Å². The van der Waals surface area contributed by atoms with E-state index in [2.05, 4.69) is 43.6 Å². The summed E-state index contributed by atoms with van der Waals surface area (Å²) in [4.78, 5) is 1.44. The number of thiophene rings is 1. The molecule has 1 aromatic rings. The molecule has 1 aromatic heterocycles. The molecular formula is C14H25NS. The minimum absolute atomic E-state index is 0.501. The van der Waals surface area contributed by atoms with Gasteiger partial charge in [-0.15, -0.1) is 11.3 Å². The predicted octanol–water partition coefficient (Wildman–Crippen LogP) is 4.76. The quantitative estimate of drug-likeness (QED) is 0.645. The maximum absolute atomic E-state index is 3.67. The minimum Gasteiger partial charge on any atom is -0.307 e. The van der Waals surface area contributed by atoms with Crippen LogP contribution in [0.25, 0.3) is 0 Å². The lowest BCUT2D eigenvalue weighted by atomic mass is 10.1. The third-order valence-corrected chi connectivity index (χ3v) is 4.05. The summed E-state index contributed by atoms with van der Waals surface area (Å²) in [7, 11) is 0. The fraction of sp³-hybridized carbons (Fsp3) is 0.714. The van der Waals surface area contributed by atoms with Gasteiger partial charge < -0.3 is 5.32 Å². The number of unbranched alkanes of at least 4 members (excludes halogenated alkanes) is 3. The first kappa shape index (κ1) is 13.7. The van der Waals surface area contributed by atoms with Crippen LogP contribution in [0.15, 0.2) is 17.5 Å². The predicted molar refractivity (Wildman–Crippen MR) is 74.1 cm³/mol. The maximum atomic E-state index is 3.67.